The van der Waals surface area contributed by atoms with Crippen molar-refractivity contribution < 1.29 is 14.3 Å². The number of benzene rings is 3. The lowest BCUT2D eigenvalue weighted by atomic mass is 10.1. The van der Waals surface area contributed by atoms with Crippen molar-refractivity contribution >= 4 is 40.4 Å². The van der Waals surface area contributed by atoms with E-state index in [4.69, 9.17) is 14.9 Å². The van der Waals surface area contributed by atoms with Gasteiger partial charge < -0.3 is 9.47 Å². The zero-order valence-electron chi connectivity index (χ0n) is 20.0. The summed E-state index contributed by atoms with van der Waals surface area (Å²) >= 11 is 1.35. The highest BCUT2D eigenvalue weighted by Gasteiger charge is 2.36. The number of amidine groups is 2. The van der Waals surface area contributed by atoms with Crippen LogP contribution in [-0.2, 0) is 11.4 Å². The van der Waals surface area contributed by atoms with Crippen LogP contribution in [0.15, 0.2) is 88.8 Å². The van der Waals surface area contributed by atoms with Crippen molar-refractivity contribution in [2.45, 2.75) is 20.5 Å². The van der Waals surface area contributed by atoms with Gasteiger partial charge in [0, 0.05) is 5.41 Å². The second-order valence-electron chi connectivity index (χ2n) is 8.34. The van der Waals surface area contributed by atoms with Gasteiger partial charge in [0.25, 0.3) is 5.91 Å². The number of hydrogen-bond donors (Lipinski definition) is 1. The number of rotatable bonds is 7. The number of nitrogens with one attached hydrogen (secondary N) is 1. The first-order valence-corrected chi connectivity index (χ1v) is 12.5. The molecule has 0 bridgehead atoms. The van der Waals surface area contributed by atoms with Gasteiger partial charge in [0.05, 0.1) is 17.9 Å². The fourth-order valence-corrected chi connectivity index (χ4v) is 4.82. The van der Waals surface area contributed by atoms with E-state index in [9.17, 15) is 4.79 Å². The van der Waals surface area contributed by atoms with Crippen molar-refractivity contribution in [1.82, 2.24) is 4.90 Å². The zero-order valence-corrected chi connectivity index (χ0v) is 20.8. The fourth-order valence-electron chi connectivity index (χ4n) is 3.93. The molecule has 2 aliphatic rings. The summed E-state index contributed by atoms with van der Waals surface area (Å²) < 4.78 is 11.9. The van der Waals surface area contributed by atoms with Gasteiger partial charge in [0.1, 0.15) is 12.4 Å². The van der Waals surface area contributed by atoms with Gasteiger partial charge in [0.15, 0.2) is 16.7 Å². The summed E-state index contributed by atoms with van der Waals surface area (Å²) in [6.45, 7) is 4.85. The number of hydrogen-bond acceptors (Lipinski definition) is 5. The average molecular weight is 496 g/mol. The molecule has 3 aromatic carbocycles. The van der Waals surface area contributed by atoms with Gasteiger partial charge in [-0.2, -0.15) is 4.99 Å². The third-order valence-corrected chi connectivity index (χ3v) is 6.60. The first-order chi connectivity index (χ1) is 17.5. The van der Waals surface area contributed by atoms with E-state index >= 15 is 0 Å². The van der Waals surface area contributed by atoms with Crippen LogP contribution in [0.1, 0.15) is 29.2 Å². The Balaban J connectivity index is 1.41. The van der Waals surface area contributed by atoms with E-state index in [2.05, 4.69) is 24.0 Å². The van der Waals surface area contributed by atoms with Gasteiger partial charge in [-0.1, -0.05) is 78.0 Å². The Hall–Kier alpha value is -4.10. The van der Waals surface area contributed by atoms with E-state index in [-0.39, 0.29) is 11.4 Å². The van der Waals surface area contributed by atoms with Gasteiger partial charge in [-0.15, -0.1) is 0 Å². The third-order valence-electron chi connectivity index (χ3n) is 5.78. The molecule has 0 spiro atoms. The predicted octanol–water partition coefficient (Wildman–Crippen LogP) is 6.28. The summed E-state index contributed by atoms with van der Waals surface area (Å²) in [7, 11) is 0. The fraction of sp³-hybridized carbons (Fsp3) is 0.138. The lowest BCUT2D eigenvalue weighted by molar-refractivity contribution is -0.114. The Bertz CT molecular complexity index is 1410. The Morgan fingerprint density at radius 2 is 1.78 bits per heavy atom. The molecule has 0 radical (unpaired) electrons. The number of carbonyl (C=O) groups excluding carboxylic acids is 1. The monoisotopic (exact) mass is 495 g/mol. The van der Waals surface area contributed by atoms with Gasteiger partial charge in [-0.05, 0) is 48.7 Å². The first-order valence-electron chi connectivity index (χ1n) is 11.6. The maximum absolute atomic E-state index is 12.8. The van der Waals surface area contributed by atoms with Crippen LogP contribution in [0.3, 0.4) is 0 Å². The van der Waals surface area contributed by atoms with Crippen molar-refractivity contribution in [3.63, 3.8) is 0 Å². The Morgan fingerprint density at radius 3 is 2.53 bits per heavy atom. The highest BCUT2D eigenvalue weighted by Crippen LogP contribution is 2.38. The molecule has 0 aromatic heterocycles. The molecule has 36 heavy (non-hydrogen) atoms. The number of nitrogens with zero attached hydrogens (tertiary/aromatic N) is 2. The highest BCUT2D eigenvalue weighted by atomic mass is 32.2. The van der Waals surface area contributed by atoms with Crippen LogP contribution >= 0.6 is 11.8 Å². The Kier molecular flexibility index (Phi) is 6.73. The molecule has 1 amide bonds. The maximum Gasteiger partial charge on any atom is 0.283 e. The summed E-state index contributed by atoms with van der Waals surface area (Å²) in [4.78, 5) is 18.8. The number of aliphatic imine (C=N–C) groups is 1. The first kappa shape index (κ1) is 23.6. The van der Waals surface area contributed by atoms with Gasteiger partial charge in [-0.25, -0.2) is 0 Å². The second-order valence-corrected chi connectivity index (χ2v) is 9.18. The number of fused-ring (bicyclic) bond motifs is 1. The molecule has 6 nitrogen and oxygen atoms in total. The molecule has 0 fully saturated rings. The molecule has 0 saturated carbocycles. The standard InChI is InChI=1S/C29H25N3O3S/c1-3-34-26-16-21(13-14-25(26)35-17-20-11-9-19(2)10-12-20)15-23-27(30)32-24(22-7-5-4-6-8-22)18-36-29(32)31-28(23)33/h4-16,18,30H,3,17H2,1-2H3/b23-15-,30-27?. The largest absolute Gasteiger partial charge is 0.490 e. The highest BCUT2D eigenvalue weighted by molar-refractivity contribution is 8.17. The van der Waals surface area contributed by atoms with Crippen LogP contribution in [-0.4, -0.2) is 28.4 Å². The number of amides is 1. The molecule has 0 unspecified atom stereocenters. The van der Waals surface area contributed by atoms with Crippen molar-refractivity contribution in [2.75, 3.05) is 6.61 Å². The zero-order chi connectivity index (χ0) is 25.1. The number of aryl methyl sites for hydroxylation is 1. The Morgan fingerprint density at radius 1 is 1.00 bits per heavy atom. The minimum Gasteiger partial charge on any atom is -0.490 e. The molecule has 0 atom stereocenters. The van der Waals surface area contributed by atoms with E-state index < -0.39 is 5.91 Å². The summed E-state index contributed by atoms with van der Waals surface area (Å²) in [6.07, 6.45) is 1.68. The molecule has 0 aliphatic carbocycles. The van der Waals surface area contributed by atoms with Crippen molar-refractivity contribution in [1.29, 1.82) is 5.41 Å². The van der Waals surface area contributed by atoms with E-state index in [1.54, 1.807) is 11.0 Å². The molecule has 2 aliphatic heterocycles. The van der Waals surface area contributed by atoms with Crippen LogP contribution in [0.2, 0.25) is 0 Å². The number of thioether (sulfide) groups is 1. The third kappa shape index (κ3) is 4.83. The topological polar surface area (TPSA) is 75.0 Å². The molecule has 1 N–H and O–H groups in total. The maximum atomic E-state index is 12.8. The normalized spacial score (nSPS) is 16.1. The second kappa shape index (κ2) is 10.3. The molecule has 0 saturated heterocycles. The Labute approximate surface area is 214 Å². The quantitative estimate of drug-likeness (QED) is 0.391. The SMILES string of the molecule is CCOc1cc(/C=C2/C(=N)N3C(c4ccccc4)=CSC3=NC2=O)ccc1OCc1ccc(C)cc1. The van der Waals surface area contributed by atoms with Crippen LogP contribution in [0.25, 0.3) is 11.8 Å². The minimum absolute atomic E-state index is 0.0998. The van der Waals surface area contributed by atoms with Crippen LogP contribution in [0, 0.1) is 12.3 Å². The van der Waals surface area contributed by atoms with Crippen molar-refractivity contribution in [2.24, 2.45) is 4.99 Å². The molecule has 5 rings (SSSR count). The molecular formula is C29H25N3O3S. The van der Waals surface area contributed by atoms with Gasteiger partial charge in [0.2, 0.25) is 0 Å². The molecular weight excluding hydrogens is 470 g/mol. The van der Waals surface area contributed by atoms with Gasteiger partial charge >= 0.3 is 0 Å². The van der Waals surface area contributed by atoms with Crippen molar-refractivity contribution in [3.8, 4) is 11.5 Å². The molecule has 3 aromatic rings. The average Bonchev–Trinajstić information content (AvgIpc) is 3.31. The van der Waals surface area contributed by atoms with Crippen LogP contribution in [0.4, 0.5) is 0 Å². The van der Waals surface area contributed by atoms with E-state index in [0.717, 1.165) is 22.4 Å². The van der Waals surface area contributed by atoms with E-state index in [1.165, 1.54) is 17.3 Å². The molecule has 180 valence electrons. The summed E-state index contributed by atoms with van der Waals surface area (Å²) in [5, 5.41) is 11.3. The lowest BCUT2D eigenvalue weighted by Crippen LogP contribution is -2.38. The van der Waals surface area contributed by atoms with Crippen LogP contribution in [0.5, 0.6) is 11.5 Å². The number of ether oxygens (including phenoxy) is 2. The minimum atomic E-state index is -0.431. The van der Waals surface area contributed by atoms with E-state index in [0.29, 0.717) is 29.9 Å². The van der Waals surface area contributed by atoms with Gasteiger partial charge in [-0.3, -0.25) is 15.1 Å². The predicted molar refractivity (Wildman–Crippen MR) is 145 cm³/mol. The number of carbonyl (C=O) groups is 1. The summed E-state index contributed by atoms with van der Waals surface area (Å²) in [5.41, 5.74) is 5.00. The van der Waals surface area contributed by atoms with E-state index in [1.807, 2.05) is 73.0 Å². The molecule has 2 heterocycles. The summed E-state index contributed by atoms with van der Waals surface area (Å²) in [6, 6.07) is 23.5. The lowest BCUT2D eigenvalue weighted by Gasteiger charge is -2.27. The molecule has 7 heteroatoms. The smallest absolute Gasteiger partial charge is 0.283 e. The van der Waals surface area contributed by atoms with Crippen molar-refractivity contribution in [3.05, 3.63) is 106 Å². The summed E-state index contributed by atoms with van der Waals surface area (Å²) in [5.74, 6) is 0.872. The van der Waals surface area contributed by atoms with Crippen LogP contribution < -0.4 is 9.47 Å².